The summed E-state index contributed by atoms with van der Waals surface area (Å²) < 4.78 is 0. The van der Waals surface area contributed by atoms with Gasteiger partial charge in [0, 0.05) is 6.54 Å². The van der Waals surface area contributed by atoms with Crippen LogP contribution in [-0.2, 0) is 19.2 Å². The van der Waals surface area contributed by atoms with Crippen molar-refractivity contribution in [3.63, 3.8) is 0 Å². The number of aliphatic imine (C=N–C) groups is 1. The number of nitrogens with one attached hydrogen (secondary N) is 3. The lowest BCUT2D eigenvalue weighted by Gasteiger charge is -2.25. The molecule has 220 valence electrons. The maximum atomic E-state index is 13.2. The Bertz CT molecular complexity index is 753. The minimum atomic E-state index is -1.19. The summed E-state index contributed by atoms with van der Waals surface area (Å²) in [6.45, 7) is 1.12. The molecule has 0 rings (SSSR count). The number of hydrogen-bond donors (Lipinski definition) is 9. The average molecular weight is 562 g/mol. The van der Waals surface area contributed by atoms with E-state index < -0.39 is 47.9 Å². The van der Waals surface area contributed by atoms with E-state index in [4.69, 9.17) is 28.7 Å². The van der Waals surface area contributed by atoms with Crippen LogP contribution in [0.15, 0.2) is 4.99 Å². The van der Waals surface area contributed by atoms with E-state index in [0.717, 1.165) is 6.42 Å². The third-order valence-corrected chi connectivity index (χ3v) is 6.33. The lowest BCUT2D eigenvalue weighted by molar-refractivity contribution is -0.142. The van der Waals surface area contributed by atoms with Gasteiger partial charge in [0.05, 0.1) is 6.04 Å². The second kappa shape index (κ2) is 21.3. The van der Waals surface area contributed by atoms with E-state index in [1.165, 1.54) is 11.8 Å². The summed E-state index contributed by atoms with van der Waals surface area (Å²) in [6, 6.07) is -3.93. The van der Waals surface area contributed by atoms with Crippen molar-refractivity contribution in [1.29, 1.82) is 0 Å². The second-order valence-electron chi connectivity index (χ2n) is 8.93. The fraction of sp³-hybridized carbons (Fsp3) is 0.783. The third kappa shape index (κ3) is 16.3. The van der Waals surface area contributed by atoms with Crippen molar-refractivity contribution < 1.29 is 24.3 Å². The highest BCUT2D eigenvalue weighted by Crippen LogP contribution is 2.08. The predicted octanol–water partition coefficient (Wildman–Crippen LogP) is -2.08. The van der Waals surface area contributed by atoms with Gasteiger partial charge in [0.1, 0.15) is 18.1 Å². The van der Waals surface area contributed by atoms with Crippen LogP contribution in [0.4, 0.5) is 0 Å². The molecule has 3 amide bonds. The molecule has 0 aromatic carbocycles. The summed E-state index contributed by atoms with van der Waals surface area (Å²) in [5.41, 5.74) is 27.6. The fourth-order valence-electron chi connectivity index (χ4n) is 3.49. The number of nitrogens with zero attached hydrogens (tertiary/aromatic N) is 1. The number of thioether (sulfide) groups is 1. The minimum Gasteiger partial charge on any atom is -0.480 e. The van der Waals surface area contributed by atoms with Crippen molar-refractivity contribution in [3.05, 3.63) is 0 Å². The zero-order valence-corrected chi connectivity index (χ0v) is 23.1. The van der Waals surface area contributed by atoms with Crippen molar-refractivity contribution >= 4 is 41.4 Å². The first-order valence-corrected chi connectivity index (χ1v) is 14.3. The minimum absolute atomic E-state index is 0.108. The third-order valence-electron chi connectivity index (χ3n) is 5.69. The van der Waals surface area contributed by atoms with Gasteiger partial charge in [-0.25, -0.2) is 4.79 Å². The summed E-state index contributed by atoms with van der Waals surface area (Å²) in [5, 5.41) is 17.4. The number of hydrogen-bond acceptors (Lipinski definition) is 9. The SMILES string of the molecule is CSCCC(NC(=O)C(N)CCCCN)C(=O)NC(CCCN=C(N)N)C(=O)NC(CCCCN)C(=O)O. The van der Waals surface area contributed by atoms with Crippen molar-refractivity contribution in [2.75, 3.05) is 31.6 Å². The number of aliphatic carboxylic acids is 1. The number of carbonyl (C=O) groups is 4. The standard InChI is InChI=1S/C23H47N9O5S/c1-38-14-10-17(30-19(33)15(26)7-2-4-11-24)21(35)31-16(9-6-13-29-23(27)28)20(34)32-18(22(36)37)8-3-5-12-25/h15-18H,2-14,24-26H2,1H3,(H,30,33)(H,31,35)(H,32,34)(H,36,37)(H4,27,28,29). The molecule has 4 unspecified atom stereocenters. The fourth-order valence-corrected chi connectivity index (χ4v) is 3.96. The van der Waals surface area contributed by atoms with Gasteiger partial charge in [-0.3, -0.25) is 19.4 Å². The molecule has 14 nitrogen and oxygen atoms in total. The summed E-state index contributed by atoms with van der Waals surface area (Å²) in [6.07, 6.45) is 5.84. The number of guanidine groups is 1. The number of amides is 3. The first-order chi connectivity index (χ1) is 18.1. The molecule has 14 N–H and O–H groups in total. The number of nitrogens with two attached hydrogens (primary N) is 5. The molecule has 0 fully saturated rings. The summed E-state index contributed by atoms with van der Waals surface area (Å²) >= 11 is 1.50. The molecule has 0 bridgehead atoms. The molecule has 0 aromatic heterocycles. The Kier molecular flexibility index (Phi) is 19.9. The predicted molar refractivity (Wildman–Crippen MR) is 150 cm³/mol. The highest BCUT2D eigenvalue weighted by Gasteiger charge is 2.30. The molecule has 4 atom stereocenters. The Balaban J connectivity index is 5.52. The van der Waals surface area contributed by atoms with Gasteiger partial charge in [-0.2, -0.15) is 11.8 Å². The number of carbonyl (C=O) groups excluding carboxylic acids is 3. The zero-order chi connectivity index (χ0) is 28.9. The van der Waals surface area contributed by atoms with Crippen LogP contribution >= 0.6 is 11.8 Å². The first-order valence-electron chi connectivity index (χ1n) is 12.9. The molecule has 15 heteroatoms. The van der Waals surface area contributed by atoms with E-state index in [9.17, 15) is 24.3 Å². The molecule has 0 aliphatic carbocycles. The number of rotatable bonds is 22. The molecule has 0 saturated heterocycles. The van der Waals surface area contributed by atoms with Gasteiger partial charge in [-0.1, -0.05) is 6.42 Å². The molecule has 0 radical (unpaired) electrons. The van der Waals surface area contributed by atoms with Crippen LogP contribution in [0.25, 0.3) is 0 Å². The van der Waals surface area contributed by atoms with Crippen LogP contribution in [0.2, 0.25) is 0 Å². The van der Waals surface area contributed by atoms with Crippen molar-refractivity contribution in [1.82, 2.24) is 16.0 Å². The van der Waals surface area contributed by atoms with Gasteiger partial charge < -0.3 is 49.7 Å². The normalized spacial score (nSPS) is 14.0. The molecule has 0 aliphatic heterocycles. The lowest BCUT2D eigenvalue weighted by Crippen LogP contribution is -2.57. The maximum absolute atomic E-state index is 13.2. The Hall–Kier alpha value is -2.62. The van der Waals surface area contributed by atoms with Gasteiger partial charge in [0.25, 0.3) is 0 Å². The van der Waals surface area contributed by atoms with Gasteiger partial charge in [0.2, 0.25) is 17.7 Å². The van der Waals surface area contributed by atoms with Crippen LogP contribution < -0.4 is 44.6 Å². The smallest absolute Gasteiger partial charge is 0.326 e. The molecule has 0 aliphatic rings. The number of carboxylic acid groups (broad SMARTS) is 1. The van der Waals surface area contributed by atoms with Crippen LogP contribution in [0.5, 0.6) is 0 Å². The van der Waals surface area contributed by atoms with Crippen LogP contribution in [0.3, 0.4) is 0 Å². The molecule has 0 saturated carbocycles. The van der Waals surface area contributed by atoms with Crippen molar-refractivity contribution in [3.8, 4) is 0 Å². The first kappa shape index (κ1) is 35.4. The van der Waals surface area contributed by atoms with Gasteiger partial charge >= 0.3 is 5.97 Å². The van der Waals surface area contributed by atoms with E-state index >= 15 is 0 Å². The lowest BCUT2D eigenvalue weighted by atomic mass is 10.1. The van der Waals surface area contributed by atoms with Gasteiger partial charge in [-0.05, 0) is 76.5 Å². The van der Waals surface area contributed by atoms with E-state index in [-0.39, 0.29) is 25.3 Å². The molecule has 0 spiro atoms. The molecule has 0 aromatic rings. The topological polar surface area (TPSA) is 267 Å². The van der Waals surface area contributed by atoms with E-state index in [1.54, 1.807) is 0 Å². The Morgan fingerprint density at radius 2 is 1.26 bits per heavy atom. The molecule has 0 heterocycles. The monoisotopic (exact) mass is 561 g/mol. The average Bonchev–Trinajstić information content (AvgIpc) is 2.87. The van der Waals surface area contributed by atoms with Gasteiger partial charge in [0.15, 0.2) is 5.96 Å². The molecular formula is C23H47N9O5S. The van der Waals surface area contributed by atoms with Crippen LogP contribution in [0.1, 0.15) is 57.8 Å². The zero-order valence-electron chi connectivity index (χ0n) is 22.3. The second-order valence-corrected chi connectivity index (χ2v) is 9.91. The van der Waals surface area contributed by atoms with E-state index in [2.05, 4.69) is 20.9 Å². The highest BCUT2D eigenvalue weighted by atomic mass is 32.2. The maximum Gasteiger partial charge on any atom is 0.326 e. The number of unbranched alkanes of at least 4 members (excludes halogenated alkanes) is 2. The number of carboxylic acids is 1. The van der Waals surface area contributed by atoms with E-state index in [1.807, 2.05) is 6.26 Å². The Morgan fingerprint density at radius 1 is 0.763 bits per heavy atom. The molecular weight excluding hydrogens is 514 g/mol. The van der Waals surface area contributed by atoms with Gasteiger partial charge in [-0.15, -0.1) is 0 Å². The quantitative estimate of drug-likeness (QED) is 0.0393. The summed E-state index contributed by atoms with van der Waals surface area (Å²) in [7, 11) is 0. The summed E-state index contributed by atoms with van der Waals surface area (Å²) in [5.74, 6) is -2.42. The van der Waals surface area contributed by atoms with Crippen LogP contribution in [-0.4, -0.2) is 90.6 Å². The summed E-state index contributed by atoms with van der Waals surface area (Å²) in [4.78, 5) is 54.4. The van der Waals surface area contributed by atoms with E-state index in [0.29, 0.717) is 57.4 Å². The van der Waals surface area contributed by atoms with Crippen molar-refractivity contribution in [2.24, 2.45) is 33.7 Å². The highest BCUT2D eigenvalue weighted by molar-refractivity contribution is 7.98. The van der Waals surface area contributed by atoms with Crippen LogP contribution in [0, 0.1) is 0 Å². The Morgan fingerprint density at radius 3 is 1.79 bits per heavy atom. The Labute approximate surface area is 229 Å². The van der Waals surface area contributed by atoms with Crippen molar-refractivity contribution in [2.45, 2.75) is 82.0 Å². The largest absolute Gasteiger partial charge is 0.480 e. The molecule has 38 heavy (non-hydrogen) atoms.